The number of rotatable bonds is 6. The average molecular weight is 330 g/mol. The van der Waals surface area contributed by atoms with E-state index in [1.54, 1.807) is 24.3 Å². The van der Waals surface area contributed by atoms with Crippen LogP contribution in [0.15, 0.2) is 60.9 Å². The lowest BCUT2D eigenvalue weighted by Crippen LogP contribution is -2.15. The van der Waals surface area contributed by atoms with Gasteiger partial charge in [0.1, 0.15) is 12.1 Å². The van der Waals surface area contributed by atoms with E-state index in [-0.39, 0.29) is 11.5 Å². The average Bonchev–Trinajstić information content (AvgIpc) is 3.08. The number of aryl methyl sites for hydroxylation is 1. The summed E-state index contributed by atoms with van der Waals surface area (Å²) in [5, 5.41) is 10.8. The number of hydrogen-bond donors (Lipinski definition) is 0. The molecule has 0 amide bonds. The SMILES string of the molecule is O=S(=O)(CCc1ccccc1)Oc1cccc(-n2cnnn2)c1. The summed E-state index contributed by atoms with van der Waals surface area (Å²) in [4.78, 5) is 0. The van der Waals surface area contributed by atoms with Gasteiger partial charge in [0.15, 0.2) is 0 Å². The molecule has 0 spiro atoms. The third-order valence-electron chi connectivity index (χ3n) is 3.14. The number of hydrogen-bond acceptors (Lipinski definition) is 6. The molecule has 0 radical (unpaired) electrons. The Morgan fingerprint density at radius 3 is 2.61 bits per heavy atom. The van der Waals surface area contributed by atoms with Gasteiger partial charge in [-0.05, 0) is 34.5 Å². The molecular weight excluding hydrogens is 316 g/mol. The van der Waals surface area contributed by atoms with Gasteiger partial charge in [0, 0.05) is 6.07 Å². The summed E-state index contributed by atoms with van der Waals surface area (Å²) in [5.74, 6) is 0.137. The van der Waals surface area contributed by atoms with Crippen LogP contribution in [0.3, 0.4) is 0 Å². The second-order valence-corrected chi connectivity index (χ2v) is 6.52. The lowest BCUT2D eigenvalue weighted by Gasteiger charge is -2.08. The van der Waals surface area contributed by atoms with Crippen LogP contribution in [0.1, 0.15) is 5.56 Å². The second-order valence-electron chi connectivity index (χ2n) is 4.83. The lowest BCUT2D eigenvalue weighted by molar-refractivity contribution is 0.485. The molecule has 3 aromatic rings. The minimum atomic E-state index is -3.68. The minimum absolute atomic E-state index is 0.0911. The molecule has 0 aliphatic carbocycles. The Morgan fingerprint density at radius 2 is 1.87 bits per heavy atom. The van der Waals surface area contributed by atoms with Gasteiger partial charge in [-0.3, -0.25) is 0 Å². The molecule has 0 saturated heterocycles. The fraction of sp³-hybridized carbons (Fsp3) is 0.133. The van der Waals surface area contributed by atoms with Crippen molar-refractivity contribution in [3.05, 3.63) is 66.5 Å². The van der Waals surface area contributed by atoms with Gasteiger partial charge < -0.3 is 4.18 Å². The highest BCUT2D eigenvalue weighted by Crippen LogP contribution is 2.18. The summed E-state index contributed by atoms with van der Waals surface area (Å²) in [5.41, 5.74) is 1.56. The summed E-state index contributed by atoms with van der Waals surface area (Å²) >= 11 is 0. The number of benzene rings is 2. The van der Waals surface area contributed by atoms with Crippen LogP contribution in [-0.4, -0.2) is 34.4 Å². The molecule has 0 atom stereocenters. The van der Waals surface area contributed by atoms with Crippen LogP contribution in [0, 0.1) is 0 Å². The fourth-order valence-electron chi connectivity index (χ4n) is 2.03. The van der Waals surface area contributed by atoms with Crippen molar-refractivity contribution in [1.82, 2.24) is 20.2 Å². The van der Waals surface area contributed by atoms with E-state index in [0.717, 1.165) is 5.56 Å². The van der Waals surface area contributed by atoms with E-state index in [0.29, 0.717) is 12.1 Å². The van der Waals surface area contributed by atoms with Crippen molar-refractivity contribution >= 4 is 10.1 Å². The van der Waals surface area contributed by atoms with Crippen LogP contribution >= 0.6 is 0 Å². The smallest absolute Gasteiger partial charge is 0.309 e. The van der Waals surface area contributed by atoms with Crippen molar-refractivity contribution in [3.63, 3.8) is 0 Å². The number of nitrogens with zero attached hydrogens (tertiary/aromatic N) is 4. The van der Waals surface area contributed by atoms with Crippen LogP contribution in [-0.2, 0) is 16.5 Å². The third-order valence-corrected chi connectivity index (χ3v) is 4.29. The molecule has 2 aromatic carbocycles. The topological polar surface area (TPSA) is 87.0 Å². The first-order valence-electron chi connectivity index (χ1n) is 6.92. The molecule has 0 fully saturated rings. The van der Waals surface area contributed by atoms with E-state index in [4.69, 9.17) is 4.18 Å². The molecule has 8 heteroatoms. The Morgan fingerprint density at radius 1 is 1.04 bits per heavy atom. The summed E-state index contributed by atoms with van der Waals surface area (Å²) in [7, 11) is -3.68. The van der Waals surface area contributed by atoms with E-state index in [1.165, 1.54) is 11.0 Å². The van der Waals surface area contributed by atoms with Gasteiger partial charge in [0.05, 0.1) is 11.4 Å². The van der Waals surface area contributed by atoms with E-state index >= 15 is 0 Å². The summed E-state index contributed by atoms with van der Waals surface area (Å²) < 4.78 is 30.8. The Labute approximate surface area is 133 Å². The van der Waals surface area contributed by atoms with E-state index < -0.39 is 10.1 Å². The third kappa shape index (κ3) is 4.13. The first-order valence-corrected chi connectivity index (χ1v) is 8.50. The zero-order valence-electron chi connectivity index (χ0n) is 12.1. The number of aromatic nitrogens is 4. The molecule has 0 aliphatic heterocycles. The Balaban J connectivity index is 1.69. The molecule has 0 unspecified atom stereocenters. The van der Waals surface area contributed by atoms with Crippen molar-refractivity contribution in [1.29, 1.82) is 0 Å². The Kier molecular flexibility index (Phi) is 4.33. The molecule has 0 saturated carbocycles. The van der Waals surface area contributed by atoms with E-state index in [9.17, 15) is 8.42 Å². The fourth-order valence-corrected chi connectivity index (χ4v) is 3.00. The molecule has 0 aliphatic rings. The highest BCUT2D eigenvalue weighted by molar-refractivity contribution is 7.87. The first kappa shape index (κ1) is 15.2. The van der Waals surface area contributed by atoms with Crippen LogP contribution in [0.2, 0.25) is 0 Å². The van der Waals surface area contributed by atoms with Crippen molar-refractivity contribution in [3.8, 4) is 11.4 Å². The summed E-state index contributed by atoms with van der Waals surface area (Å²) in [6.45, 7) is 0. The van der Waals surface area contributed by atoms with Gasteiger partial charge >= 0.3 is 10.1 Å². The lowest BCUT2D eigenvalue weighted by atomic mass is 10.2. The predicted molar refractivity (Wildman–Crippen MR) is 83.7 cm³/mol. The monoisotopic (exact) mass is 330 g/mol. The molecule has 118 valence electrons. The first-order chi connectivity index (χ1) is 11.1. The van der Waals surface area contributed by atoms with Crippen LogP contribution in [0.25, 0.3) is 5.69 Å². The number of tetrazole rings is 1. The van der Waals surface area contributed by atoms with Crippen molar-refractivity contribution in [2.45, 2.75) is 6.42 Å². The maximum absolute atomic E-state index is 12.1. The van der Waals surface area contributed by atoms with Gasteiger partial charge in [-0.15, -0.1) is 5.10 Å². The van der Waals surface area contributed by atoms with Gasteiger partial charge in [0.25, 0.3) is 0 Å². The van der Waals surface area contributed by atoms with Gasteiger partial charge in [-0.2, -0.15) is 8.42 Å². The highest BCUT2D eigenvalue weighted by Gasteiger charge is 2.13. The normalized spacial score (nSPS) is 11.3. The zero-order chi connectivity index (χ0) is 16.1. The van der Waals surface area contributed by atoms with Crippen molar-refractivity contribution in [2.24, 2.45) is 0 Å². The predicted octanol–water partition coefficient (Wildman–Crippen LogP) is 1.61. The van der Waals surface area contributed by atoms with E-state index in [2.05, 4.69) is 15.5 Å². The van der Waals surface area contributed by atoms with Crippen molar-refractivity contribution in [2.75, 3.05) is 5.75 Å². The maximum Gasteiger partial charge on any atom is 0.309 e. The second kappa shape index (κ2) is 6.57. The molecule has 1 heterocycles. The molecule has 1 aromatic heterocycles. The molecule has 23 heavy (non-hydrogen) atoms. The zero-order valence-corrected chi connectivity index (χ0v) is 12.9. The highest BCUT2D eigenvalue weighted by atomic mass is 32.2. The summed E-state index contributed by atoms with van der Waals surface area (Å²) in [6, 6.07) is 16.0. The quantitative estimate of drug-likeness (QED) is 0.638. The van der Waals surface area contributed by atoms with Crippen LogP contribution in [0.5, 0.6) is 5.75 Å². The van der Waals surface area contributed by atoms with Crippen LogP contribution < -0.4 is 4.18 Å². The Bertz CT molecular complexity index is 865. The van der Waals surface area contributed by atoms with E-state index in [1.807, 2.05) is 30.3 Å². The Hall–Kier alpha value is -2.74. The van der Waals surface area contributed by atoms with Gasteiger partial charge in [-0.25, -0.2) is 4.68 Å². The molecule has 3 rings (SSSR count). The van der Waals surface area contributed by atoms with Crippen LogP contribution in [0.4, 0.5) is 0 Å². The summed E-state index contributed by atoms with van der Waals surface area (Å²) in [6.07, 6.45) is 1.82. The largest absolute Gasteiger partial charge is 0.382 e. The molecular formula is C15H14N4O3S. The minimum Gasteiger partial charge on any atom is -0.382 e. The molecule has 7 nitrogen and oxygen atoms in total. The molecule has 0 bridgehead atoms. The van der Waals surface area contributed by atoms with Gasteiger partial charge in [0.2, 0.25) is 0 Å². The van der Waals surface area contributed by atoms with Gasteiger partial charge in [-0.1, -0.05) is 36.4 Å². The maximum atomic E-state index is 12.1. The van der Waals surface area contributed by atoms with Crippen molar-refractivity contribution < 1.29 is 12.6 Å². The standard InChI is InChI=1S/C15H14N4O3S/c20-23(21,10-9-13-5-2-1-3-6-13)22-15-8-4-7-14(11-15)19-12-16-17-18-19/h1-8,11-12H,9-10H2. The molecule has 0 N–H and O–H groups in total.